The molecule has 1 atom stereocenters. The number of ether oxygens (including phenoxy) is 2. The van der Waals surface area contributed by atoms with Crippen LogP contribution in [-0.4, -0.2) is 30.3 Å². The van der Waals surface area contributed by atoms with Crippen molar-refractivity contribution < 1.29 is 23.8 Å². The monoisotopic (exact) mass is 399 g/mol. The van der Waals surface area contributed by atoms with E-state index in [0.29, 0.717) is 5.52 Å². The average Bonchev–Trinajstić information content (AvgIpc) is 2.68. The van der Waals surface area contributed by atoms with Gasteiger partial charge in [0, 0.05) is 24.3 Å². The Hall–Kier alpha value is -3.39. The van der Waals surface area contributed by atoms with Gasteiger partial charge in [0.2, 0.25) is 11.2 Å². The van der Waals surface area contributed by atoms with E-state index in [1.807, 2.05) is 25.1 Å². The zero-order chi connectivity index (χ0) is 21.1. The second-order valence-corrected chi connectivity index (χ2v) is 6.70. The third kappa shape index (κ3) is 4.22. The molecular weight excluding hydrogens is 378 g/mol. The molecule has 29 heavy (non-hydrogen) atoms. The van der Waals surface area contributed by atoms with Crippen LogP contribution in [0.5, 0.6) is 5.75 Å². The summed E-state index contributed by atoms with van der Waals surface area (Å²) < 4.78 is 15.4. The molecule has 0 saturated carbocycles. The predicted molar refractivity (Wildman–Crippen MR) is 105 cm³/mol. The molecule has 0 aliphatic heterocycles. The number of fused-ring (bicyclic) bond motifs is 1. The third-order valence-corrected chi connectivity index (χ3v) is 4.61. The maximum absolute atomic E-state index is 12.8. The Kier molecular flexibility index (Phi) is 5.84. The molecule has 2 N–H and O–H groups in total. The minimum absolute atomic E-state index is 0.0131. The number of esters is 1. The van der Waals surface area contributed by atoms with E-state index in [1.54, 1.807) is 6.07 Å². The van der Waals surface area contributed by atoms with Gasteiger partial charge in [-0.2, -0.15) is 0 Å². The topological polar surface area (TPSA) is 119 Å². The second-order valence-electron chi connectivity index (χ2n) is 6.70. The lowest BCUT2D eigenvalue weighted by Crippen LogP contribution is -2.21. The maximum atomic E-state index is 12.8. The first-order valence-electron chi connectivity index (χ1n) is 8.89. The van der Waals surface area contributed by atoms with Gasteiger partial charge in [0.05, 0.1) is 19.4 Å². The van der Waals surface area contributed by atoms with Crippen LogP contribution in [0.4, 0.5) is 0 Å². The number of pyridine rings is 1. The largest absolute Gasteiger partial charge is 0.502 e. The molecule has 0 saturated heterocycles. The zero-order valence-corrected chi connectivity index (χ0v) is 16.3. The summed E-state index contributed by atoms with van der Waals surface area (Å²) in [5.74, 6) is -2.35. The number of nitrogens with one attached hydrogen (secondary N) is 1. The van der Waals surface area contributed by atoms with Crippen LogP contribution in [0.15, 0.2) is 44.3 Å². The number of aromatic nitrogens is 1. The lowest BCUT2D eigenvalue weighted by Gasteiger charge is -2.17. The van der Waals surface area contributed by atoms with Crippen LogP contribution in [-0.2, 0) is 20.9 Å². The molecule has 2 heterocycles. The van der Waals surface area contributed by atoms with Gasteiger partial charge in [-0.25, -0.2) is 0 Å². The fraction of sp³-hybridized carbons (Fsp3) is 0.286. The molecule has 0 radical (unpaired) electrons. The van der Waals surface area contributed by atoms with E-state index in [2.05, 4.69) is 4.98 Å². The Morgan fingerprint density at radius 1 is 1.21 bits per heavy atom. The van der Waals surface area contributed by atoms with Gasteiger partial charge in [0.1, 0.15) is 12.4 Å². The summed E-state index contributed by atoms with van der Waals surface area (Å²) in [6, 6.07) is 8.26. The van der Waals surface area contributed by atoms with Gasteiger partial charge < -0.3 is 24.0 Å². The molecular formula is C21H21NO7. The fourth-order valence-electron chi connectivity index (χ4n) is 3.19. The predicted octanol–water partition coefficient (Wildman–Crippen LogP) is 2.34. The quantitative estimate of drug-likeness (QED) is 0.611. The Bertz CT molecular complexity index is 1180. The highest BCUT2D eigenvalue weighted by atomic mass is 16.5. The second kappa shape index (κ2) is 8.32. The number of carbonyl (C=O) groups is 1. The Balaban J connectivity index is 2.24. The Labute approximate surface area is 165 Å². The molecule has 152 valence electrons. The summed E-state index contributed by atoms with van der Waals surface area (Å²) >= 11 is 0. The number of aryl methyl sites for hydroxylation is 1. The summed E-state index contributed by atoms with van der Waals surface area (Å²) in [5.41, 5.74) is 0.620. The highest BCUT2D eigenvalue weighted by molar-refractivity contribution is 5.80. The normalized spacial score (nSPS) is 12.1. The number of methoxy groups -OCH3 is 2. The fourth-order valence-corrected chi connectivity index (χ4v) is 3.19. The zero-order valence-electron chi connectivity index (χ0n) is 16.3. The molecule has 2 aromatic heterocycles. The van der Waals surface area contributed by atoms with Crippen LogP contribution in [0.1, 0.15) is 35.0 Å². The number of benzene rings is 1. The third-order valence-electron chi connectivity index (χ3n) is 4.61. The minimum Gasteiger partial charge on any atom is -0.502 e. The van der Waals surface area contributed by atoms with E-state index in [0.717, 1.165) is 17.0 Å². The lowest BCUT2D eigenvalue weighted by atomic mass is 9.92. The van der Waals surface area contributed by atoms with Crippen molar-refractivity contribution in [2.45, 2.75) is 25.9 Å². The smallest absolute Gasteiger partial charge is 0.306 e. The standard InChI is InChI=1S/C21H21NO7/c1-11-4-5-12-7-15(21(26)22-16(12)6-11)14(9-18(24)28-3)20-19(25)17(23)8-13(29-20)10-27-2/h4-8,14,25H,9-10H2,1-3H3,(H,22,26)/t14-/m1/s1. The summed E-state index contributed by atoms with van der Waals surface area (Å²) in [7, 11) is 2.64. The molecule has 8 heteroatoms. The first kappa shape index (κ1) is 20.3. The highest BCUT2D eigenvalue weighted by Crippen LogP contribution is 2.33. The van der Waals surface area contributed by atoms with Crippen molar-refractivity contribution in [1.29, 1.82) is 0 Å². The molecule has 8 nitrogen and oxygen atoms in total. The summed E-state index contributed by atoms with van der Waals surface area (Å²) in [5, 5.41) is 11.1. The number of rotatable bonds is 6. The van der Waals surface area contributed by atoms with Gasteiger partial charge in [-0.3, -0.25) is 14.4 Å². The molecule has 0 fully saturated rings. The molecule has 3 rings (SSSR count). The Morgan fingerprint density at radius 3 is 2.66 bits per heavy atom. The van der Waals surface area contributed by atoms with Crippen LogP contribution in [0.2, 0.25) is 0 Å². The van der Waals surface area contributed by atoms with Crippen LogP contribution < -0.4 is 11.0 Å². The lowest BCUT2D eigenvalue weighted by molar-refractivity contribution is -0.140. The van der Waals surface area contributed by atoms with Gasteiger partial charge in [-0.15, -0.1) is 0 Å². The molecule has 0 unspecified atom stereocenters. The highest BCUT2D eigenvalue weighted by Gasteiger charge is 2.29. The summed E-state index contributed by atoms with van der Waals surface area (Å²) in [4.78, 5) is 39.8. The van der Waals surface area contributed by atoms with Crippen molar-refractivity contribution in [3.05, 3.63) is 73.6 Å². The number of aromatic amines is 1. The van der Waals surface area contributed by atoms with Crippen molar-refractivity contribution in [1.82, 2.24) is 4.98 Å². The van der Waals surface area contributed by atoms with Crippen molar-refractivity contribution in [2.24, 2.45) is 0 Å². The van der Waals surface area contributed by atoms with Crippen molar-refractivity contribution in [2.75, 3.05) is 14.2 Å². The molecule has 0 aliphatic carbocycles. The van der Waals surface area contributed by atoms with Gasteiger partial charge in [0.15, 0.2) is 5.76 Å². The summed E-state index contributed by atoms with van der Waals surface area (Å²) in [6.45, 7) is 1.89. The van der Waals surface area contributed by atoms with E-state index in [9.17, 15) is 19.5 Å². The summed E-state index contributed by atoms with van der Waals surface area (Å²) in [6.07, 6.45) is -0.302. The van der Waals surface area contributed by atoms with Gasteiger partial charge >= 0.3 is 5.97 Å². The Morgan fingerprint density at radius 2 is 1.97 bits per heavy atom. The van der Waals surface area contributed by atoms with Crippen LogP contribution in [0.25, 0.3) is 10.9 Å². The van der Waals surface area contributed by atoms with Gasteiger partial charge in [0.25, 0.3) is 5.56 Å². The first-order chi connectivity index (χ1) is 13.8. The van der Waals surface area contributed by atoms with Crippen LogP contribution in [0.3, 0.4) is 0 Å². The van der Waals surface area contributed by atoms with E-state index in [-0.39, 0.29) is 30.1 Å². The average molecular weight is 399 g/mol. The van der Waals surface area contributed by atoms with E-state index < -0.39 is 28.6 Å². The maximum Gasteiger partial charge on any atom is 0.306 e. The van der Waals surface area contributed by atoms with Crippen molar-refractivity contribution >= 4 is 16.9 Å². The number of hydrogen-bond donors (Lipinski definition) is 2. The number of H-pyrrole nitrogens is 1. The van der Waals surface area contributed by atoms with E-state index >= 15 is 0 Å². The number of aromatic hydroxyl groups is 1. The van der Waals surface area contributed by atoms with Crippen molar-refractivity contribution in [3.8, 4) is 5.75 Å². The van der Waals surface area contributed by atoms with Crippen molar-refractivity contribution in [3.63, 3.8) is 0 Å². The molecule has 0 aliphatic rings. The number of hydrogen-bond acceptors (Lipinski definition) is 7. The molecule has 1 aromatic carbocycles. The van der Waals surface area contributed by atoms with Gasteiger partial charge in [-0.1, -0.05) is 12.1 Å². The first-order valence-corrected chi connectivity index (χ1v) is 8.89. The van der Waals surface area contributed by atoms with E-state index in [4.69, 9.17) is 13.9 Å². The molecule has 0 bridgehead atoms. The number of carbonyl (C=O) groups excluding carboxylic acids is 1. The van der Waals surface area contributed by atoms with Crippen LogP contribution >= 0.6 is 0 Å². The molecule has 3 aromatic rings. The SMILES string of the molecule is COCc1cc(=O)c(O)c([C@H](CC(=O)OC)c2cc3ccc(C)cc3[nH]c2=O)o1. The van der Waals surface area contributed by atoms with Gasteiger partial charge in [-0.05, 0) is 30.0 Å². The molecule has 0 amide bonds. The van der Waals surface area contributed by atoms with E-state index in [1.165, 1.54) is 14.2 Å². The molecule has 0 spiro atoms. The van der Waals surface area contributed by atoms with Crippen LogP contribution in [0, 0.1) is 6.92 Å². The minimum atomic E-state index is -1.03.